The van der Waals surface area contributed by atoms with Gasteiger partial charge in [0.2, 0.25) is 15.2 Å². The predicted octanol–water partition coefficient (Wildman–Crippen LogP) is 2.06. The number of benzene rings is 1. The molecule has 2 aliphatic rings. The van der Waals surface area contributed by atoms with Crippen LogP contribution in [0.1, 0.15) is 25.1 Å². The maximum Gasteiger partial charge on any atom is 0.325 e. The lowest BCUT2D eigenvalue weighted by Gasteiger charge is -2.33. The van der Waals surface area contributed by atoms with E-state index in [1.54, 1.807) is 0 Å². The molecule has 3 heterocycles. The topological polar surface area (TPSA) is 129 Å². The molecule has 11 nitrogen and oxygen atoms in total. The van der Waals surface area contributed by atoms with Crippen LogP contribution in [0.2, 0.25) is 0 Å². The molecule has 1 aromatic heterocycles. The van der Waals surface area contributed by atoms with E-state index < -0.39 is 16.1 Å². The summed E-state index contributed by atoms with van der Waals surface area (Å²) in [5, 5.41) is 5.93. The van der Waals surface area contributed by atoms with Gasteiger partial charge in [-0.2, -0.15) is 4.37 Å². The van der Waals surface area contributed by atoms with E-state index in [0.29, 0.717) is 24.2 Å². The lowest BCUT2D eigenvalue weighted by Crippen LogP contribution is -2.36. The van der Waals surface area contributed by atoms with Crippen LogP contribution in [0.25, 0.3) is 0 Å². The van der Waals surface area contributed by atoms with Crippen molar-refractivity contribution >= 4 is 49.8 Å². The highest BCUT2D eigenvalue weighted by Gasteiger charge is 2.20. The Hall–Kier alpha value is -2.48. The van der Waals surface area contributed by atoms with Gasteiger partial charge < -0.3 is 19.9 Å². The molecule has 4 rings (SSSR count). The Morgan fingerprint density at radius 1 is 1.09 bits per heavy atom. The van der Waals surface area contributed by atoms with Crippen LogP contribution in [0, 0.1) is 0 Å². The first kappa shape index (κ1) is 23.7. The number of amides is 2. The summed E-state index contributed by atoms with van der Waals surface area (Å²) in [5.41, 5.74) is 2.86. The number of morpholine rings is 1. The average molecular weight is 496 g/mol. The molecule has 0 atom stereocenters. The minimum Gasteiger partial charge on any atom is -0.378 e. The van der Waals surface area contributed by atoms with E-state index in [4.69, 9.17) is 4.74 Å². The SMILES string of the molecule is CS(=O)(=O)NCc1nsc(NC(=O)Nc2ccc(N3CCOCC3)cc2N2CCCCC2)n1. The van der Waals surface area contributed by atoms with Crippen molar-refractivity contribution in [2.75, 3.05) is 66.1 Å². The average Bonchev–Trinajstić information content (AvgIpc) is 3.26. The van der Waals surface area contributed by atoms with Crippen LogP contribution in [0.15, 0.2) is 18.2 Å². The molecule has 180 valence electrons. The quantitative estimate of drug-likeness (QED) is 0.532. The number of urea groups is 1. The van der Waals surface area contributed by atoms with Crippen LogP contribution in [-0.2, 0) is 21.3 Å². The van der Waals surface area contributed by atoms with Gasteiger partial charge in [0, 0.05) is 43.4 Å². The van der Waals surface area contributed by atoms with Crippen molar-refractivity contribution < 1.29 is 17.9 Å². The fraction of sp³-hybridized carbons (Fsp3) is 0.550. The minimum absolute atomic E-state index is 0.0270. The van der Waals surface area contributed by atoms with Crippen LogP contribution in [-0.4, -0.2) is 69.5 Å². The highest BCUT2D eigenvalue weighted by Crippen LogP contribution is 2.33. The zero-order chi connectivity index (χ0) is 23.3. The third-order valence-electron chi connectivity index (χ3n) is 5.48. The Bertz CT molecular complexity index is 1060. The first-order chi connectivity index (χ1) is 15.9. The standard InChI is InChI=1S/C20H29N7O4S2/c1-33(29,30)21-14-18-23-20(32-25-18)24-19(28)22-16-6-5-15(26-9-11-31-12-10-26)13-17(16)27-7-3-2-4-8-27/h5-6,13,21H,2-4,7-12,14H2,1H3,(H2,22,23,24,25,28). The van der Waals surface area contributed by atoms with Gasteiger partial charge in [-0.15, -0.1) is 0 Å². The number of aromatic nitrogens is 2. The molecule has 0 spiro atoms. The Balaban J connectivity index is 1.45. The number of hydrogen-bond donors (Lipinski definition) is 3. The van der Waals surface area contributed by atoms with Crippen LogP contribution < -0.4 is 25.2 Å². The van der Waals surface area contributed by atoms with E-state index in [-0.39, 0.29) is 6.54 Å². The van der Waals surface area contributed by atoms with E-state index in [9.17, 15) is 13.2 Å². The second-order valence-corrected chi connectivity index (χ2v) is 10.6. The normalized spacial score (nSPS) is 17.1. The second kappa shape index (κ2) is 10.6. The van der Waals surface area contributed by atoms with Crippen LogP contribution >= 0.6 is 11.5 Å². The van der Waals surface area contributed by atoms with E-state index in [2.05, 4.69) is 40.6 Å². The highest BCUT2D eigenvalue weighted by molar-refractivity contribution is 7.88. The molecule has 13 heteroatoms. The molecule has 0 aliphatic carbocycles. The number of ether oxygens (including phenoxy) is 1. The van der Waals surface area contributed by atoms with Gasteiger partial charge in [-0.25, -0.2) is 22.9 Å². The molecule has 2 aromatic rings. The first-order valence-electron chi connectivity index (χ1n) is 10.9. The lowest BCUT2D eigenvalue weighted by molar-refractivity contribution is 0.122. The second-order valence-electron chi connectivity index (χ2n) is 8.04. The number of carbonyl (C=O) groups excluding carboxylic acids is 1. The zero-order valence-corrected chi connectivity index (χ0v) is 20.2. The summed E-state index contributed by atoms with van der Waals surface area (Å²) in [6.07, 6.45) is 4.54. The summed E-state index contributed by atoms with van der Waals surface area (Å²) in [4.78, 5) is 21.5. The molecule has 3 N–H and O–H groups in total. The molecule has 2 aliphatic heterocycles. The Labute approximate surface area is 197 Å². The van der Waals surface area contributed by atoms with Gasteiger partial charge in [0.25, 0.3) is 0 Å². The monoisotopic (exact) mass is 495 g/mol. The minimum atomic E-state index is -3.34. The van der Waals surface area contributed by atoms with Crippen molar-refractivity contribution in [1.82, 2.24) is 14.1 Å². The van der Waals surface area contributed by atoms with Gasteiger partial charge in [0.05, 0.1) is 37.4 Å². The number of carbonyl (C=O) groups is 1. The largest absolute Gasteiger partial charge is 0.378 e. The van der Waals surface area contributed by atoms with Gasteiger partial charge in [-0.05, 0) is 37.5 Å². The molecular weight excluding hydrogens is 466 g/mol. The third-order valence-corrected chi connectivity index (χ3v) is 6.82. The van der Waals surface area contributed by atoms with Crippen molar-refractivity contribution in [1.29, 1.82) is 0 Å². The number of hydrogen-bond acceptors (Lipinski definition) is 9. The van der Waals surface area contributed by atoms with Crippen LogP contribution in [0.5, 0.6) is 0 Å². The smallest absolute Gasteiger partial charge is 0.325 e. The van der Waals surface area contributed by atoms with Crippen LogP contribution in [0.3, 0.4) is 0 Å². The molecule has 0 bridgehead atoms. The third kappa shape index (κ3) is 6.76. The molecular formula is C20H29N7O4S2. The Kier molecular flexibility index (Phi) is 7.63. The fourth-order valence-electron chi connectivity index (χ4n) is 3.86. The fourth-order valence-corrected chi connectivity index (χ4v) is 4.84. The van der Waals surface area contributed by atoms with Gasteiger partial charge in [-0.1, -0.05) is 0 Å². The number of nitrogens with one attached hydrogen (secondary N) is 3. The maximum atomic E-state index is 12.7. The number of sulfonamides is 1. The highest BCUT2D eigenvalue weighted by atomic mass is 32.2. The molecule has 0 saturated carbocycles. The first-order valence-corrected chi connectivity index (χ1v) is 13.6. The van der Waals surface area contributed by atoms with Gasteiger partial charge in [0.1, 0.15) is 0 Å². The van der Waals surface area contributed by atoms with E-state index >= 15 is 0 Å². The molecule has 0 radical (unpaired) electrons. The Morgan fingerprint density at radius 3 is 2.58 bits per heavy atom. The summed E-state index contributed by atoms with van der Waals surface area (Å²) in [5.74, 6) is 0.296. The van der Waals surface area contributed by atoms with Crippen molar-refractivity contribution in [2.24, 2.45) is 0 Å². The molecule has 1 aromatic carbocycles. The van der Waals surface area contributed by atoms with E-state index in [0.717, 1.165) is 73.9 Å². The molecule has 0 unspecified atom stereocenters. The maximum absolute atomic E-state index is 12.7. The van der Waals surface area contributed by atoms with Crippen molar-refractivity contribution in [2.45, 2.75) is 25.8 Å². The van der Waals surface area contributed by atoms with Gasteiger partial charge >= 0.3 is 6.03 Å². The zero-order valence-electron chi connectivity index (χ0n) is 18.5. The predicted molar refractivity (Wildman–Crippen MR) is 130 cm³/mol. The van der Waals surface area contributed by atoms with Gasteiger partial charge in [0.15, 0.2) is 5.82 Å². The van der Waals surface area contributed by atoms with E-state index in [1.165, 1.54) is 6.42 Å². The molecule has 2 amide bonds. The number of anilines is 4. The Morgan fingerprint density at radius 2 is 1.85 bits per heavy atom. The van der Waals surface area contributed by atoms with Crippen LogP contribution in [0.4, 0.5) is 27.0 Å². The van der Waals surface area contributed by atoms with Gasteiger partial charge in [-0.3, -0.25) is 5.32 Å². The summed E-state index contributed by atoms with van der Waals surface area (Å²) in [6, 6.07) is 5.68. The van der Waals surface area contributed by atoms with Crippen molar-refractivity contribution in [3.63, 3.8) is 0 Å². The summed E-state index contributed by atoms with van der Waals surface area (Å²) in [7, 11) is -3.34. The summed E-state index contributed by atoms with van der Waals surface area (Å²) < 4.78 is 34.3. The van der Waals surface area contributed by atoms with Crippen molar-refractivity contribution in [3.8, 4) is 0 Å². The van der Waals surface area contributed by atoms with Crippen molar-refractivity contribution in [3.05, 3.63) is 24.0 Å². The number of piperidine rings is 1. The summed E-state index contributed by atoms with van der Waals surface area (Å²) in [6.45, 7) is 5.00. The summed E-state index contributed by atoms with van der Waals surface area (Å²) >= 11 is 0.996. The number of nitrogens with zero attached hydrogens (tertiary/aromatic N) is 4. The number of rotatable bonds is 7. The molecule has 2 saturated heterocycles. The molecule has 33 heavy (non-hydrogen) atoms. The molecule has 2 fully saturated rings. The lowest BCUT2D eigenvalue weighted by atomic mass is 10.1. The van der Waals surface area contributed by atoms with E-state index in [1.807, 2.05) is 12.1 Å².